The van der Waals surface area contributed by atoms with Crippen molar-refractivity contribution in [1.82, 2.24) is 0 Å². The van der Waals surface area contributed by atoms with Gasteiger partial charge in [-0.15, -0.1) is 0 Å². The average molecular weight is 284 g/mol. The Morgan fingerprint density at radius 2 is 2.16 bits per heavy atom. The van der Waals surface area contributed by atoms with Gasteiger partial charge in [-0.05, 0) is 48.9 Å². The molecule has 1 fully saturated rings. The molecule has 0 unspecified atom stereocenters. The Morgan fingerprint density at radius 3 is 2.74 bits per heavy atom. The van der Waals surface area contributed by atoms with Crippen molar-refractivity contribution in [2.24, 2.45) is 5.11 Å². The van der Waals surface area contributed by atoms with Crippen molar-refractivity contribution < 1.29 is 9.50 Å². The van der Waals surface area contributed by atoms with E-state index in [9.17, 15) is 9.50 Å². The Balaban J connectivity index is 2.32. The molecule has 0 bridgehead atoms. The number of rotatable bonds is 3. The second-order valence-electron chi connectivity index (χ2n) is 4.94. The molecule has 1 aromatic carbocycles. The SMILES string of the molecule is [N-]=[N+]=N[C@@H](c1cccc(Cl)c1)[C@]1(O)CC[C@@H](F)CC1. The van der Waals surface area contributed by atoms with Crippen LogP contribution in [0.4, 0.5) is 4.39 Å². The minimum absolute atomic E-state index is 0.282. The summed E-state index contributed by atoms with van der Waals surface area (Å²) in [6, 6.07) is 6.14. The van der Waals surface area contributed by atoms with Crippen LogP contribution in [0.25, 0.3) is 10.4 Å². The van der Waals surface area contributed by atoms with Crippen LogP contribution in [0.1, 0.15) is 37.3 Å². The first-order valence-electron chi connectivity index (χ1n) is 6.21. The molecule has 1 aliphatic rings. The predicted molar refractivity (Wildman–Crippen MR) is 71.7 cm³/mol. The Morgan fingerprint density at radius 1 is 1.47 bits per heavy atom. The quantitative estimate of drug-likeness (QED) is 0.500. The van der Waals surface area contributed by atoms with Gasteiger partial charge in [0.2, 0.25) is 0 Å². The smallest absolute Gasteiger partial charge is 0.100 e. The van der Waals surface area contributed by atoms with Crippen molar-refractivity contribution in [2.75, 3.05) is 0 Å². The fourth-order valence-corrected chi connectivity index (χ4v) is 2.77. The van der Waals surface area contributed by atoms with Crippen LogP contribution in [0.3, 0.4) is 0 Å². The van der Waals surface area contributed by atoms with Crippen LogP contribution in [-0.2, 0) is 0 Å². The van der Waals surface area contributed by atoms with Gasteiger partial charge in [-0.3, -0.25) is 0 Å². The first-order chi connectivity index (χ1) is 9.05. The molecule has 0 saturated heterocycles. The fraction of sp³-hybridized carbons (Fsp3) is 0.538. The van der Waals surface area contributed by atoms with Gasteiger partial charge < -0.3 is 5.11 Å². The van der Waals surface area contributed by atoms with Crippen LogP contribution in [0, 0.1) is 0 Å². The number of benzene rings is 1. The summed E-state index contributed by atoms with van der Waals surface area (Å²) in [5, 5.41) is 14.9. The van der Waals surface area contributed by atoms with E-state index in [0.29, 0.717) is 10.6 Å². The van der Waals surface area contributed by atoms with Crippen LogP contribution >= 0.6 is 11.6 Å². The molecule has 1 aliphatic carbocycles. The Kier molecular flexibility index (Phi) is 4.30. The number of hydrogen-bond acceptors (Lipinski definition) is 2. The largest absolute Gasteiger partial charge is 0.389 e. The summed E-state index contributed by atoms with van der Waals surface area (Å²) in [6.07, 6.45) is 0.254. The molecule has 2 rings (SSSR count). The lowest BCUT2D eigenvalue weighted by molar-refractivity contribution is -0.0361. The zero-order valence-corrected chi connectivity index (χ0v) is 11.1. The second kappa shape index (κ2) is 5.78. The molecule has 0 heterocycles. The summed E-state index contributed by atoms with van der Waals surface area (Å²) in [7, 11) is 0. The predicted octanol–water partition coefficient (Wildman–Crippen LogP) is 4.33. The normalized spacial score (nSPS) is 28.5. The van der Waals surface area contributed by atoms with Gasteiger partial charge in [-0.2, -0.15) is 0 Å². The summed E-state index contributed by atoms with van der Waals surface area (Å²) in [4.78, 5) is 2.81. The summed E-state index contributed by atoms with van der Waals surface area (Å²) in [5.74, 6) is 0. The van der Waals surface area contributed by atoms with Crippen LogP contribution in [0.5, 0.6) is 0 Å². The molecule has 1 N–H and O–H groups in total. The fourth-order valence-electron chi connectivity index (χ4n) is 2.57. The van der Waals surface area contributed by atoms with Gasteiger partial charge in [0.1, 0.15) is 6.17 Å². The van der Waals surface area contributed by atoms with E-state index in [0.717, 1.165) is 0 Å². The molecule has 0 radical (unpaired) electrons. The number of alkyl halides is 1. The van der Waals surface area contributed by atoms with E-state index in [1.807, 2.05) is 0 Å². The highest BCUT2D eigenvalue weighted by Crippen LogP contribution is 2.42. The highest BCUT2D eigenvalue weighted by molar-refractivity contribution is 6.30. The van der Waals surface area contributed by atoms with Gasteiger partial charge in [0, 0.05) is 9.93 Å². The monoisotopic (exact) mass is 283 g/mol. The van der Waals surface area contributed by atoms with Crippen LogP contribution in [0.2, 0.25) is 5.02 Å². The van der Waals surface area contributed by atoms with E-state index in [4.69, 9.17) is 17.1 Å². The van der Waals surface area contributed by atoms with Gasteiger partial charge in [0.25, 0.3) is 0 Å². The highest BCUT2D eigenvalue weighted by Gasteiger charge is 2.40. The first-order valence-corrected chi connectivity index (χ1v) is 6.59. The van der Waals surface area contributed by atoms with E-state index in [1.165, 1.54) is 0 Å². The summed E-state index contributed by atoms with van der Waals surface area (Å²) >= 11 is 5.92. The third-order valence-corrected chi connectivity index (χ3v) is 3.86. The third-order valence-electron chi connectivity index (χ3n) is 3.62. The molecule has 102 valence electrons. The van der Waals surface area contributed by atoms with Gasteiger partial charge in [-0.25, -0.2) is 4.39 Å². The molecule has 0 amide bonds. The molecule has 0 spiro atoms. The maximum absolute atomic E-state index is 13.2. The van der Waals surface area contributed by atoms with E-state index in [2.05, 4.69) is 10.0 Å². The lowest BCUT2D eigenvalue weighted by Gasteiger charge is -2.38. The maximum atomic E-state index is 13.2. The molecule has 0 aliphatic heterocycles. The standard InChI is InChI=1S/C13H15ClFN3O/c14-10-3-1-2-9(8-10)12(17-18-16)13(19)6-4-11(15)5-7-13/h1-3,8,11-12,19H,4-7H2/t11-,12-,13+/m0/s1. The van der Waals surface area contributed by atoms with Crippen LogP contribution < -0.4 is 0 Å². The number of hydrogen-bond donors (Lipinski definition) is 1. The highest BCUT2D eigenvalue weighted by atomic mass is 35.5. The Hall–Kier alpha value is -1.29. The van der Waals surface area contributed by atoms with E-state index < -0.39 is 17.8 Å². The second-order valence-corrected chi connectivity index (χ2v) is 5.38. The molecule has 4 nitrogen and oxygen atoms in total. The maximum Gasteiger partial charge on any atom is 0.100 e. The topological polar surface area (TPSA) is 69.0 Å². The molecule has 0 aromatic heterocycles. The van der Waals surface area contributed by atoms with Crippen molar-refractivity contribution in [3.05, 3.63) is 45.3 Å². The molecular weight excluding hydrogens is 269 g/mol. The first kappa shape index (κ1) is 14.1. The average Bonchev–Trinajstić information content (AvgIpc) is 2.39. The number of nitrogens with zero attached hydrogens (tertiary/aromatic N) is 3. The van der Waals surface area contributed by atoms with Gasteiger partial charge in [0.15, 0.2) is 0 Å². The lowest BCUT2D eigenvalue weighted by Crippen LogP contribution is -2.39. The molecule has 6 heteroatoms. The van der Waals surface area contributed by atoms with E-state index in [-0.39, 0.29) is 25.7 Å². The lowest BCUT2D eigenvalue weighted by atomic mass is 9.76. The van der Waals surface area contributed by atoms with Gasteiger partial charge in [0.05, 0.1) is 11.6 Å². The minimum atomic E-state index is -1.19. The summed E-state index contributed by atoms with van der Waals surface area (Å²) in [6.45, 7) is 0. The van der Waals surface area contributed by atoms with Crippen LogP contribution in [0.15, 0.2) is 29.4 Å². The zero-order valence-electron chi connectivity index (χ0n) is 10.3. The van der Waals surface area contributed by atoms with E-state index in [1.54, 1.807) is 24.3 Å². The summed E-state index contributed by atoms with van der Waals surface area (Å²) < 4.78 is 13.2. The number of halogens is 2. The summed E-state index contributed by atoms with van der Waals surface area (Å²) in [5.41, 5.74) is 8.17. The van der Waals surface area contributed by atoms with Gasteiger partial charge >= 0.3 is 0 Å². The van der Waals surface area contributed by atoms with Crippen molar-refractivity contribution in [3.8, 4) is 0 Å². The zero-order chi connectivity index (χ0) is 13.9. The van der Waals surface area contributed by atoms with Crippen molar-refractivity contribution >= 4 is 11.6 Å². The van der Waals surface area contributed by atoms with Gasteiger partial charge in [-0.1, -0.05) is 28.8 Å². The van der Waals surface area contributed by atoms with E-state index >= 15 is 0 Å². The molecule has 1 atom stereocenters. The molecular formula is C13H15ClFN3O. The Bertz CT molecular complexity index is 496. The van der Waals surface area contributed by atoms with Crippen molar-refractivity contribution in [2.45, 2.75) is 43.5 Å². The third kappa shape index (κ3) is 3.18. The molecule has 19 heavy (non-hydrogen) atoms. The van der Waals surface area contributed by atoms with Crippen molar-refractivity contribution in [3.63, 3.8) is 0 Å². The van der Waals surface area contributed by atoms with Crippen molar-refractivity contribution in [1.29, 1.82) is 0 Å². The number of azide groups is 1. The minimum Gasteiger partial charge on any atom is -0.389 e. The number of aliphatic hydroxyl groups is 1. The Labute approximate surface area is 115 Å². The molecule has 1 aromatic rings. The molecule has 1 saturated carbocycles. The van der Waals surface area contributed by atoms with Crippen LogP contribution in [-0.4, -0.2) is 16.9 Å².